The Kier molecular flexibility index (Phi) is 3.24. The van der Waals surface area contributed by atoms with Crippen molar-refractivity contribution in [1.29, 1.82) is 0 Å². The average molecular weight is 224 g/mol. The first-order valence-electron chi connectivity index (χ1n) is 5.59. The van der Waals surface area contributed by atoms with Gasteiger partial charge in [0, 0.05) is 18.5 Å². The number of rotatable bonds is 5. The zero-order valence-corrected chi connectivity index (χ0v) is 9.27. The smallest absolute Gasteiger partial charge is 0.273 e. The lowest BCUT2D eigenvalue weighted by Crippen LogP contribution is -2.26. The molecule has 1 amide bonds. The SMILES string of the molecule is CC(O)CCNC(=O)c1cc(C2CC2)on1. The summed E-state index contributed by atoms with van der Waals surface area (Å²) in [4.78, 5) is 11.6. The molecule has 1 atom stereocenters. The molecule has 5 nitrogen and oxygen atoms in total. The third kappa shape index (κ3) is 2.82. The monoisotopic (exact) mass is 224 g/mol. The standard InChI is InChI=1S/C11H16N2O3/c1-7(14)4-5-12-11(15)9-6-10(16-13-9)8-2-3-8/h6-8,14H,2-5H2,1H3,(H,12,15). The number of aromatic nitrogens is 1. The van der Waals surface area contributed by atoms with E-state index in [1.807, 2.05) is 0 Å². The molecule has 1 saturated carbocycles. The van der Waals surface area contributed by atoms with E-state index in [1.165, 1.54) is 0 Å². The number of carbonyl (C=O) groups is 1. The number of hydrogen-bond acceptors (Lipinski definition) is 4. The average Bonchev–Trinajstić information content (AvgIpc) is 2.96. The van der Waals surface area contributed by atoms with E-state index in [0.29, 0.717) is 24.6 Å². The first kappa shape index (κ1) is 11.1. The second-order valence-electron chi connectivity index (χ2n) is 4.28. The summed E-state index contributed by atoms with van der Waals surface area (Å²) in [5, 5.41) is 15.4. The van der Waals surface area contributed by atoms with Crippen LogP contribution in [-0.4, -0.2) is 28.8 Å². The second-order valence-corrected chi connectivity index (χ2v) is 4.28. The van der Waals surface area contributed by atoms with E-state index in [1.54, 1.807) is 13.0 Å². The van der Waals surface area contributed by atoms with Gasteiger partial charge >= 0.3 is 0 Å². The molecule has 0 aromatic carbocycles. The van der Waals surface area contributed by atoms with Crippen LogP contribution in [0.25, 0.3) is 0 Å². The molecule has 1 aromatic rings. The molecule has 16 heavy (non-hydrogen) atoms. The normalized spacial score (nSPS) is 17.1. The third-order valence-electron chi connectivity index (χ3n) is 2.59. The molecule has 0 radical (unpaired) electrons. The van der Waals surface area contributed by atoms with E-state index in [9.17, 15) is 4.79 Å². The highest BCUT2D eigenvalue weighted by Gasteiger charge is 2.28. The van der Waals surface area contributed by atoms with Crippen molar-refractivity contribution in [2.45, 2.75) is 38.2 Å². The number of aliphatic hydroxyl groups is 1. The molecule has 5 heteroatoms. The highest BCUT2D eigenvalue weighted by atomic mass is 16.5. The highest BCUT2D eigenvalue weighted by Crippen LogP contribution is 2.40. The molecule has 1 aromatic heterocycles. The Morgan fingerprint density at radius 1 is 1.75 bits per heavy atom. The van der Waals surface area contributed by atoms with E-state index < -0.39 is 6.10 Å². The first-order chi connectivity index (χ1) is 7.66. The van der Waals surface area contributed by atoms with Gasteiger partial charge in [-0.15, -0.1) is 0 Å². The van der Waals surface area contributed by atoms with Gasteiger partial charge in [0.2, 0.25) is 0 Å². The van der Waals surface area contributed by atoms with Crippen LogP contribution in [0.2, 0.25) is 0 Å². The summed E-state index contributed by atoms with van der Waals surface area (Å²) in [5.41, 5.74) is 0.326. The van der Waals surface area contributed by atoms with Gasteiger partial charge in [0.1, 0.15) is 5.76 Å². The molecule has 0 spiro atoms. The number of nitrogens with one attached hydrogen (secondary N) is 1. The van der Waals surface area contributed by atoms with Crippen molar-refractivity contribution in [2.75, 3.05) is 6.54 Å². The van der Waals surface area contributed by atoms with Gasteiger partial charge in [-0.05, 0) is 26.2 Å². The van der Waals surface area contributed by atoms with E-state index in [0.717, 1.165) is 18.6 Å². The Labute approximate surface area is 93.8 Å². The van der Waals surface area contributed by atoms with Gasteiger partial charge in [-0.3, -0.25) is 4.79 Å². The van der Waals surface area contributed by atoms with Crippen LogP contribution in [0.3, 0.4) is 0 Å². The number of nitrogens with zero attached hydrogens (tertiary/aromatic N) is 1. The minimum Gasteiger partial charge on any atom is -0.393 e. The molecule has 2 N–H and O–H groups in total. The summed E-state index contributed by atoms with van der Waals surface area (Å²) in [5.74, 6) is 1.03. The van der Waals surface area contributed by atoms with Crippen molar-refractivity contribution < 1.29 is 14.4 Å². The van der Waals surface area contributed by atoms with Crippen molar-refractivity contribution >= 4 is 5.91 Å². The first-order valence-corrected chi connectivity index (χ1v) is 5.59. The van der Waals surface area contributed by atoms with Crippen LogP contribution in [0.5, 0.6) is 0 Å². The lowest BCUT2D eigenvalue weighted by molar-refractivity contribution is 0.0936. The van der Waals surface area contributed by atoms with Gasteiger partial charge in [0.05, 0.1) is 6.10 Å². The van der Waals surface area contributed by atoms with Crippen molar-refractivity contribution in [2.24, 2.45) is 0 Å². The molecule has 88 valence electrons. The molecule has 0 aliphatic heterocycles. The van der Waals surface area contributed by atoms with Crippen LogP contribution < -0.4 is 5.32 Å². The maximum Gasteiger partial charge on any atom is 0.273 e. The Morgan fingerprint density at radius 3 is 3.12 bits per heavy atom. The van der Waals surface area contributed by atoms with Crippen LogP contribution in [0.4, 0.5) is 0 Å². The topological polar surface area (TPSA) is 75.4 Å². The lowest BCUT2D eigenvalue weighted by Gasteiger charge is -2.04. The summed E-state index contributed by atoms with van der Waals surface area (Å²) in [6.45, 7) is 2.13. The quantitative estimate of drug-likeness (QED) is 0.784. The molecule has 1 aliphatic rings. The van der Waals surface area contributed by atoms with Crippen molar-refractivity contribution in [1.82, 2.24) is 10.5 Å². The zero-order chi connectivity index (χ0) is 11.5. The molecule has 2 rings (SSSR count). The van der Waals surface area contributed by atoms with Gasteiger partial charge in [-0.2, -0.15) is 0 Å². The highest BCUT2D eigenvalue weighted by molar-refractivity contribution is 5.92. The van der Waals surface area contributed by atoms with Crippen molar-refractivity contribution in [3.05, 3.63) is 17.5 Å². The summed E-state index contributed by atoms with van der Waals surface area (Å²) in [7, 11) is 0. The predicted molar refractivity (Wildman–Crippen MR) is 57.1 cm³/mol. The summed E-state index contributed by atoms with van der Waals surface area (Å²) in [6, 6.07) is 1.70. The third-order valence-corrected chi connectivity index (χ3v) is 2.59. The van der Waals surface area contributed by atoms with Gasteiger partial charge in [-0.25, -0.2) is 0 Å². The fourth-order valence-electron chi connectivity index (χ4n) is 1.44. The minimum absolute atomic E-state index is 0.240. The molecular formula is C11H16N2O3. The van der Waals surface area contributed by atoms with E-state index in [4.69, 9.17) is 9.63 Å². The molecule has 1 fully saturated rings. The maximum absolute atomic E-state index is 11.6. The number of carbonyl (C=O) groups excluding carboxylic acids is 1. The van der Waals surface area contributed by atoms with Crippen LogP contribution in [0.1, 0.15) is 48.4 Å². The van der Waals surface area contributed by atoms with Gasteiger partial charge in [0.25, 0.3) is 5.91 Å². The minimum atomic E-state index is -0.403. The zero-order valence-electron chi connectivity index (χ0n) is 9.27. The summed E-state index contributed by atoms with van der Waals surface area (Å²) >= 11 is 0. The molecule has 1 unspecified atom stereocenters. The molecule has 0 bridgehead atoms. The van der Waals surface area contributed by atoms with E-state index in [2.05, 4.69) is 10.5 Å². The Balaban J connectivity index is 1.83. The summed E-state index contributed by atoms with van der Waals surface area (Å²) in [6.07, 6.45) is 2.38. The van der Waals surface area contributed by atoms with Crippen LogP contribution in [0.15, 0.2) is 10.6 Å². The fourth-order valence-corrected chi connectivity index (χ4v) is 1.44. The molecular weight excluding hydrogens is 208 g/mol. The van der Waals surface area contributed by atoms with Gasteiger partial charge in [-0.1, -0.05) is 5.16 Å². The largest absolute Gasteiger partial charge is 0.393 e. The Morgan fingerprint density at radius 2 is 2.50 bits per heavy atom. The Hall–Kier alpha value is -1.36. The van der Waals surface area contributed by atoms with E-state index >= 15 is 0 Å². The second kappa shape index (κ2) is 4.65. The summed E-state index contributed by atoms with van der Waals surface area (Å²) < 4.78 is 5.08. The van der Waals surface area contributed by atoms with Crippen molar-refractivity contribution in [3.8, 4) is 0 Å². The van der Waals surface area contributed by atoms with Crippen LogP contribution >= 0.6 is 0 Å². The van der Waals surface area contributed by atoms with Gasteiger partial charge < -0.3 is 14.9 Å². The molecule has 1 aliphatic carbocycles. The van der Waals surface area contributed by atoms with Gasteiger partial charge in [0.15, 0.2) is 5.69 Å². The van der Waals surface area contributed by atoms with Crippen molar-refractivity contribution in [3.63, 3.8) is 0 Å². The fraction of sp³-hybridized carbons (Fsp3) is 0.636. The van der Waals surface area contributed by atoms with E-state index in [-0.39, 0.29) is 5.91 Å². The maximum atomic E-state index is 11.6. The Bertz CT molecular complexity index is 369. The van der Waals surface area contributed by atoms with Crippen LogP contribution in [-0.2, 0) is 0 Å². The number of amides is 1. The number of hydrogen-bond donors (Lipinski definition) is 2. The number of aliphatic hydroxyl groups excluding tert-OH is 1. The molecule has 0 saturated heterocycles. The molecule has 1 heterocycles. The predicted octanol–water partition coefficient (Wildman–Crippen LogP) is 1.05. The lowest BCUT2D eigenvalue weighted by atomic mass is 10.2. The van der Waals surface area contributed by atoms with Crippen LogP contribution in [0, 0.1) is 0 Å².